The van der Waals surface area contributed by atoms with Crippen LogP contribution in [0, 0.1) is 12.8 Å². The van der Waals surface area contributed by atoms with Gasteiger partial charge in [0.15, 0.2) is 0 Å². The number of ether oxygens (including phenoxy) is 1. The Hall–Kier alpha value is -0.870. The maximum Gasteiger partial charge on any atom is 0.227 e. The molecule has 3 nitrogen and oxygen atoms in total. The van der Waals surface area contributed by atoms with E-state index < -0.39 is 0 Å². The smallest absolute Gasteiger partial charge is 0.227 e. The van der Waals surface area contributed by atoms with Crippen LogP contribution in [0.3, 0.4) is 0 Å². The molecule has 2 atom stereocenters. The molecule has 2 aromatic rings. The van der Waals surface area contributed by atoms with E-state index in [1.807, 2.05) is 0 Å². The summed E-state index contributed by atoms with van der Waals surface area (Å²) in [7, 11) is 0. The van der Waals surface area contributed by atoms with Crippen LogP contribution in [0.1, 0.15) is 37.5 Å². The highest BCUT2D eigenvalue weighted by Gasteiger charge is 2.22. The van der Waals surface area contributed by atoms with E-state index in [1.54, 1.807) is 11.3 Å². The maximum absolute atomic E-state index is 6.10. The third-order valence-electron chi connectivity index (χ3n) is 3.62. The second kappa shape index (κ2) is 5.25. The van der Waals surface area contributed by atoms with E-state index in [2.05, 4.69) is 29.9 Å². The Bertz CT molecular complexity index is 598. The first kappa shape index (κ1) is 13.1. The first-order valence-corrected chi connectivity index (χ1v) is 7.91. The molecule has 0 radical (unpaired) electrons. The monoisotopic (exact) mass is 296 g/mol. The number of rotatable bonds is 2. The highest BCUT2D eigenvalue weighted by molar-refractivity contribution is 7.18. The van der Waals surface area contributed by atoms with Crippen LogP contribution in [-0.4, -0.2) is 16.1 Å². The highest BCUT2D eigenvalue weighted by atomic mass is 35.5. The summed E-state index contributed by atoms with van der Waals surface area (Å²) < 4.78 is 6.10. The van der Waals surface area contributed by atoms with Crippen LogP contribution in [0.25, 0.3) is 10.2 Å². The zero-order chi connectivity index (χ0) is 13.4. The number of thiophene rings is 1. The topological polar surface area (TPSA) is 35.0 Å². The summed E-state index contributed by atoms with van der Waals surface area (Å²) in [5.74, 6) is 1.38. The normalized spacial score (nSPS) is 23.7. The van der Waals surface area contributed by atoms with Crippen LogP contribution < -0.4 is 4.74 Å². The minimum atomic E-state index is 0.262. The van der Waals surface area contributed by atoms with Crippen molar-refractivity contribution in [2.45, 2.75) is 45.6 Å². The van der Waals surface area contributed by atoms with Crippen molar-refractivity contribution in [1.82, 2.24) is 9.97 Å². The molecule has 2 aromatic heterocycles. The molecule has 5 heteroatoms. The Morgan fingerprint density at radius 1 is 1.37 bits per heavy atom. The largest absolute Gasteiger partial charge is 0.474 e. The summed E-state index contributed by atoms with van der Waals surface area (Å²) in [6.45, 7) is 4.35. The van der Waals surface area contributed by atoms with Gasteiger partial charge in [-0.05, 0) is 49.8 Å². The Kier molecular flexibility index (Phi) is 3.63. The fraction of sp³-hybridized carbons (Fsp3) is 0.571. The van der Waals surface area contributed by atoms with Crippen LogP contribution in [-0.2, 0) is 0 Å². The maximum atomic E-state index is 6.10. The molecule has 19 heavy (non-hydrogen) atoms. The van der Waals surface area contributed by atoms with Crippen molar-refractivity contribution in [3.05, 3.63) is 16.2 Å². The number of aromatic nitrogens is 2. The molecule has 1 saturated carbocycles. The highest BCUT2D eigenvalue weighted by Crippen LogP contribution is 2.34. The van der Waals surface area contributed by atoms with Crippen LogP contribution in [0.15, 0.2) is 6.07 Å². The fourth-order valence-electron chi connectivity index (χ4n) is 2.72. The third kappa shape index (κ3) is 2.84. The molecular formula is C14H17ClN2OS. The summed E-state index contributed by atoms with van der Waals surface area (Å²) in [6.07, 6.45) is 5.01. The van der Waals surface area contributed by atoms with Crippen molar-refractivity contribution in [1.29, 1.82) is 0 Å². The van der Waals surface area contributed by atoms with Gasteiger partial charge >= 0.3 is 0 Å². The van der Waals surface area contributed by atoms with Gasteiger partial charge in [-0.15, -0.1) is 11.3 Å². The van der Waals surface area contributed by atoms with Crippen molar-refractivity contribution in [3.8, 4) is 5.88 Å². The van der Waals surface area contributed by atoms with E-state index in [0.29, 0.717) is 5.88 Å². The number of hydrogen-bond donors (Lipinski definition) is 0. The summed E-state index contributed by atoms with van der Waals surface area (Å²) >= 11 is 7.61. The molecule has 0 aromatic carbocycles. The molecule has 1 fully saturated rings. The van der Waals surface area contributed by atoms with Gasteiger partial charge in [0.2, 0.25) is 11.2 Å². The van der Waals surface area contributed by atoms with Crippen molar-refractivity contribution in [2.75, 3.05) is 0 Å². The second-order valence-corrected chi connectivity index (χ2v) is 6.96. The van der Waals surface area contributed by atoms with Gasteiger partial charge in [0.05, 0.1) is 5.39 Å². The Balaban J connectivity index is 1.91. The summed E-state index contributed by atoms with van der Waals surface area (Å²) in [4.78, 5) is 10.6. The molecule has 0 N–H and O–H groups in total. The Morgan fingerprint density at radius 3 is 3.00 bits per heavy atom. The van der Waals surface area contributed by atoms with E-state index in [0.717, 1.165) is 29.0 Å². The number of hydrogen-bond acceptors (Lipinski definition) is 4. The predicted octanol–water partition coefficient (Wildman–Crippen LogP) is 4.61. The van der Waals surface area contributed by atoms with E-state index in [1.165, 1.54) is 17.7 Å². The van der Waals surface area contributed by atoms with Gasteiger partial charge in [-0.3, -0.25) is 0 Å². The molecule has 2 unspecified atom stereocenters. The van der Waals surface area contributed by atoms with Crippen molar-refractivity contribution < 1.29 is 4.74 Å². The molecule has 0 aliphatic heterocycles. The van der Waals surface area contributed by atoms with Gasteiger partial charge in [0.25, 0.3) is 0 Å². The lowest BCUT2D eigenvalue weighted by Crippen LogP contribution is -2.24. The molecule has 0 spiro atoms. The summed E-state index contributed by atoms with van der Waals surface area (Å²) in [5, 5.41) is 1.26. The molecule has 102 valence electrons. The van der Waals surface area contributed by atoms with Gasteiger partial charge in [-0.1, -0.05) is 13.3 Å². The lowest BCUT2D eigenvalue weighted by Gasteiger charge is -2.27. The number of aryl methyl sites for hydroxylation is 1. The summed E-state index contributed by atoms with van der Waals surface area (Å²) in [5.41, 5.74) is 0. The molecular weight excluding hydrogens is 280 g/mol. The van der Waals surface area contributed by atoms with Gasteiger partial charge in [0, 0.05) is 4.88 Å². The lowest BCUT2D eigenvalue weighted by atomic mass is 9.89. The number of halogens is 1. The van der Waals surface area contributed by atoms with E-state index in [-0.39, 0.29) is 11.4 Å². The molecule has 2 heterocycles. The van der Waals surface area contributed by atoms with Crippen LogP contribution >= 0.6 is 22.9 Å². The average molecular weight is 297 g/mol. The number of nitrogens with zero attached hydrogens (tertiary/aromatic N) is 2. The SMILES string of the molecule is Cc1cc2c(OC3CCCC(C)C3)nc(Cl)nc2s1. The molecule has 3 rings (SSSR count). The average Bonchev–Trinajstić information content (AvgIpc) is 2.69. The van der Waals surface area contributed by atoms with Gasteiger partial charge in [-0.25, -0.2) is 4.98 Å². The molecule has 1 aliphatic carbocycles. The molecule has 1 aliphatic rings. The first-order valence-electron chi connectivity index (χ1n) is 6.72. The zero-order valence-electron chi connectivity index (χ0n) is 11.1. The Morgan fingerprint density at radius 2 is 2.21 bits per heavy atom. The second-order valence-electron chi connectivity index (χ2n) is 5.39. The lowest BCUT2D eigenvalue weighted by molar-refractivity contribution is 0.126. The van der Waals surface area contributed by atoms with E-state index >= 15 is 0 Å². The first-order chi connectivity index (χ1) is 9.11. The van der Waals surface area contributed by atoms with E-state index in [4.69, 9.17) is 16.3 Å². The van der Waals surface area contributed by atoms with Crippen LogP contribution in [0.4, 0.5) is 0 Å². The van der Waals surface area contributed by atoms with Gasteiger partial charge in [-0.2, -0.15) is 4.98 Å². The van der Waals surface area contributed by atoms with Crippen molar-refractivity contribution in [3.63, 3.8) is 0 Å². The molecule has 0 saturated heterocycles. The molecule has 0 bridgehead atoms. The summed E-state index contributed by atoms with van der Waals surface area (Å²) in [6, 6.07) is 2.08. The van der Waals surface area contributed by atoms with Crippen molar-refractivity contribution >= 4 is 33.2 Å². The predicted molar refractivity (Wildman–Crippen MR) is 79.2 cm³/mol. The fourth-order valence-corrected chi connectivity index (χ4v) is 3.81. The minimum absolute atomic E-state index is 0.262. The Labute approximate surface area is 122 Å². The standard InChI is InChI=1S/C14H17ClN2OS/c1-8-4-3-5-10(6-8)18-12-11-7-9(2)19-13(11)17-14(15)16-12/h7-8,10H,3-6H2,1-2H3. The number of fused-ring (bicyclic) bond motifs is 1. The van der Waals surface area contributed by atoms with Crippen molar-refractivity contribution in [2.24, 2.45) is 5.92 Å². The zero-order valence-corrected chi connectivity index (χ0v) is 12.7. The minimum Gasteiger partial charge on any atom is -0.474 e. The van der Waals surface area contributed by atoms with Gasteiger partial charge < -0.3 is 4.74 Å². The quantitative estimate of drug-likeness (QED) is 0.759. The molecule has 0 amide bonds. The van der Waals surface area contributed by atoms with E-state index in [9.17, 15) is 0 Å². The van der Waals surface area contributed by atoms with Crippen LogP contribution in [0.2, 0.25) is 5.28 Å². The third-order valence-corrected chi connectivity index (χ3v) is 4.73. The van der Waals surface area contributed by atoms with Crippen LogP contribution in [0.5, 0.6) is 5.88 Å². The van der Waals surface area contributed by atoms with Gasteiger partial charge in [0.1, 0.15) is 10.9 Å².